The zero-order valence-electron chi connectivity index (χ0n) is 9.90. The Morgan fingerprint density at radius 1 is 1.07 bits per heavy atom. The van der Waals surface area contributed by atoms with Crippen molar-refractivity contribution in [2.24, 2.45) is 0 Å². The zero-order chi connectivity index (χ0) is 10.2. The molecule has 0 atom stereocenters. The van der Waals surface area contributed by atoms with E-state index in [1.807, 2.05) is 0 Å². The molecular weight excluding hydrogens is 172 g/mol. The first kappa shape index (κ1) is 10.4. The lowest BCUT2D eigenvalue weighted by Crippen LogP contribution is -2.57. The molecule has 0 unspecified atom stereocenters. The Bertz CT molecular complexity index is 199. The fraction of sp³-hybridized carbons (Fsp3) is 1.00. The van der Waals surface area contributed by atoms with Crippen LogP contribution in [0.1, 0.15) is 46.5 Å². The summed E-state index contributed by atoms with van der Waals surface area (Å²) in [6, 6.07) is 0. The number of piperidine rings is 1. The van der Waals surface area contributed by atoms with E-state index in [-0.39, 0.29) is 0 Å². The standard InChI is InChI=1S/C12H24N2/c1-11(2,3)14-10-4-5-12(14)6-8-13-9-7-12/h13H,4-10H2,1-3H3. The summed E-state index contributed by atoms with van der Waals surface area (Å²) in [5, 5.41) is 3.48. The van der Waals surface area contributed by atoms with Crippen LogP contribution in [0.25, 0.3) is 0 Å². The lowest BCUT2D eigenvalue weighted by Gasteiger charge is -2.48. The van der Waals surface area contributed by atoms with Crippen LogP contribution in [0.4, 0.5) is 0 Å². The fourth-order valence-electron chi connectivity index (χ4n) is 3.40. The van der Waals surface area contributed by atoms with Crippen LogP contribution in [0.2, 0.25) is 0 Å². The van der Waals surface area contributed by atoms with Gasteiger partial charge in [-0.15, -0.1) is 0 Å². The van der Waals surface area contributed by atoms with Crippen LogP contribution in [0.15, 0.2) is 0 Å². The lowest BCUT2D eigenvalue weighted by atomic mass is 9.83. The fourth-order valence-corrected chi connectivity index (χ4v) is 3.40. The summed E-state index contributed by atoms with van der Waals surface area (Å²) in [6.07, 6.45) is 5.53. The molecule has 2 rings (SSSR count). The number of hydrogen-bond donors (Lipinski definition) is 1. The van der Waals surface area contributed by atoms with Crippen molar-refractivity contribution >= 4 is 0 Å². The highest BCUT2D eigenvalue weighted by Gasteiger charge is 2.45. The van der Waals surface area contributed by atoms with Crippen molar-refractivity contribution in [3.05, 3.63) is 0 Å². The maximum atomic E-state index is 3.48. The van der Waals surface area contributed by atoms with Gasteiger partial charge in [0.05, 0.1) is 0 Å². The number of likely N-dealkylation sites (tertiary alicyclic amines) is 1. The summed E-state index contributed by atoms with van der Waals surface area (Å²) in [5.41, 5.74) is 0.900. The van der Waals surface area contributed by atoms with E-state index in [1.54, 1.807) is 0 Å². The maximum Gasteiger partial charge on any atom is 0.0239 e. The number of nitrogens with zero attached hydrogens (tertiary/aromatic N) is 1. The van der Waals surface area contributed by atoms with Gasteiger partial charge in [-0.3, -0.25) is 4.90 Å². The molecule has 2 aliphatic heterocycles. The molecular formula is C12H24N2. The average molecular weight is 196 g/mol. The molecule has 2 fully saturated rings. The van der Waals surface area contributed by atoms with Gasteiger partial charge < -0.3 is 5.32 Å². The lowest BCUT2D eigenvalue weighted by molar-refractivity contribution is 0.0215. The van der Waals surface area contributed by atoms with Crippen LogP contribution in [0.3, 0.4) is 0 Å². The molecule has 2 nitrogen and oxygen atoms in total. The Kier molecular flexibility index (Phi) is 2.61. The van der Waals surface area contributed by atoms with Crippen LogP contribution in [-0.4, -0.2) is 35.6 Å². The predicted molar refractivity (Wildman–Crippen MR) is 60.5 cm³/mol. The molecule has 0 bridgehead atoms. The van der Waals surface area contributed by atoms with Gasteiger partial charge in [-0.2, -0.15) is 0 Å². The molecule has 2 heterocycles. The van der Waals surface area contributed by atoms with Crippen molar-refractivity contribution in [1.82, 2.24) is 10.2 Å². The van der Waals surface area contributed by atoms with Crippen molar-refractivity contribution in [2.75, 3.05) is 19.6 Å². The van der Waals surface area contributed by atoms with E-state index in [9.17, 15) is 0 Å². The maximum absolute atomic E-state index is 3.48. The van der Waals surface area contributed by atoms with Crippen LogP contribution in [0.5, 0.6) is 0 Å². The number of nitrogens with one attached hydrogen (secondary N) is 1. The van der Waals surface area contributed by atoms with E-state index >= 15 is 0 Å². The molecule has 0 aliphatic carbocycles. The molecule has 0 aromatic heterocycles. The summed E-state index contributed by atoms with van der Waals surface area (Å²) in [6.45, 7) is 10.8. The molecule has 1 N–H and O–H groups in total. The largest absolute Gasteiger partial charge is 0.317 e. The predicted octanol–water partition coefficient (Wildman–Crippen LogP) is 2.00. The molecule has 82 valence electrons. The van der Waals surface area contributed by atoms with Gasteiger partial charge >= 0.3 is 0 Å². The van der Waals surface area contributed by atoms with Gasteiger partial charge in [-0.05, 0) is 66.1 Å². The molecule has 0 aromatic rings. The molecule has 0 saturated carbocycles. The summed E-state index contributed by atoms with van der Waals surface area (Å²) in [7, 11) is 0. The van der Waals surface area contributed by atoms with Gasteiger partial charge in [-0.1, -0.05) is 0 Å². The van der Waals surface area contributed by atoms with Gasteiger partial charge in [0.25, 0.3) is 0 Å². The van der Waals surface area contributed by atoms with Crippen molar-refractivity contribution in [1.29, 1.82) is 0 Å². The second-order valence-electron chi connectivity index (χ2n) is 5.90. The number of hydrogen-bond acceptors (Lipinski definition) is 2. The van der Waals surface area contributed by atoms with Gasteiger partial charge in [0.1, 0.15) is 0 Å². The minimum absolute atomic E-state index is 0.355. The molecule has 2 aliphatic rings. The second kappa shape index (κ2) is 3.49. The Morgan fingerprint density at radius 3 is 2.29 bits per heavy atom. The zero-order valence-corrected chi connectivity index (χ0v) is 9.90. The van der Waals surface area contributed by atoms with Gasteiger partial charge in [-0.25, -0.2) is 0 Å². The highest BCUT2D eigenvalue weighted by Crippen LogP contribution is 2.40. The summed E-state index contributed by atoms with van der Waals surface area (Å²) in [4.78, 5) is 2.76. The van der Waals surface area contributed by atoms with E-state index in [4.69, 9.17) is 0 Å². The molecule has 1 spiro atoms. The third-order valence-electron chi connectivity index (χ3n) is 3.94. The monoisotopic (exact) mass is 196 g/mol. The topological polar surface area (TPSA) is 15.3 Å². The van der Waals surface area contributed by atoms with Crippen molar-refractivity contribution in [3.63, 3.8) is 0 Å². The third-order valence-corrected chi connectivity index (χ3v) is 3.94. The van der Waals surface area contributed by atoms with Crippen molar-refractivity contribution < 1.29 is 0 Å². The first-order valence-electron chi connectivity index (χ1n) is 6.03. The van der Waals surface area contributed by atoms with Gasteiger partial charge in [0.15, 0.2) is 0 Å². The van der Waals surface area contributed by atoms with Crippen molar-refractivity contribution in [3.8, 4) is 0 Å². The molecule has 2 saturated heterocycles. The molecule has 14 heavy (non-hydrogen) atoms. The summed E-state index contributed by atoms with van der Waals surface area (Å²) >= 11 is 0. The quantitative estimate of drug-likeness (QED) is 0.637. The highest BCUT2D eigenvalue weighted by molar-refractivity contribution is 5.02. The van der Waals surface area contributed by atoms with E-state index in [2.05, 4.69) is 31.0 Å². The summed E-state index contributed by atoms with van der Waals surface area (Å²) in [5.74, 6) is 0. The average Bonchev–Trinajstić information content (AvgIpc) is 2.49. The van der Waals surface area contributed by atoms with Crippen LogP contribution < -0.4 is 5.32 Å². The van der Waals surface area contributed by atoms with Crippen LogP contribution >= 0.6 is 0 Å². The molecule has 2 heteroatoms. The first-order chi connectivity index (χ1) is 6.55. The second-order valence-corrected chi connectivity index (χ2v) is 5.90. The minimum atomic E-state index is 0.355. The molecule has 0 aromatic carbocycles. The molecule has 0 radical (unpaired) electrons. The van der Waals surface area contributed by atoms with Gasteiger partial charge in [0, 0.05) is 11.1 Å². The van der Waals surface area contributed by atoms with Crippen LogP contribution in [-0.2, 0) is 0 Å². The normalized spacial score (nSPS) is 28.5. The Hall–Kier alpha value is -0.0800. The Balaban J connectivity index is 2.16. The highest BCUT2D eigenvalue weighted by atomic mass is 15.3. The Morgan fingerprint density at radius 2 is 1.71 bits per heavy atom. The van der Waals surface area contributed by atoms with E-state index in [0.717, 1.165) is 0 Å². The van der Waals surface area contributed by atoms with Crippen molar-refractivity contribution in [2.45, 2.75) is 57.5 Å². The van der Waals surface area contributed by atoms with Gasteiger partial charge in [0.2, 0.25) is 0 Å². The first-order valence-corrected chi connectivity index (χ1v) is 6.03. The Labute approximate surface area is 88.1 Å². The third kappa shape index (κ3) is 1.70. The van der Waals surface area contributed by atoms with E-state index < -0.39 is 0 Å². The van der Waals surface area contributed by atoms with E-state index in [0.29, 0.717) is 11.1 Å². The van der Waals surface area contributed by atoms with Crippen LogP contribution in [0, 0.1) is 0 Å². The smallest absolute Gasteiger partial charge is 0.0239 e. The molecule has 0 amide bonds. The van der Waals surface area contributed by atoms with E-state index in [1.165, 1.54) is 45.3 Å². The summed E-state index contributed by atoms with van der Waals surface area (Å²) < 4.78 is 0. The number of rotatable bonds is 0. The minimum Gasteiger partial charge on any atom is -0.317 e. The SMILES string of the molecule is CC(C)(C)N1CCCC12CCNCC2.